The number of nitrogens with one attached hydrogen (secondary N) is 2. The zero-order chi connectivity index (χ0) is 20.3. The smallest absolute Gasteiger partial charge is 0.384 e. The van der Waals surface area contributed by atoms with Gasteiger partial charge in [-0.15, -0.1) is 0 Å². The Bertz CT molecular complexity index is 973. The predicted octanol–water partition coefficient (Wildman–Crippen LogP) is 3.51. The lowest BCUT2D eigenvalue weighted by molar-refractivity contribution is -0.115. The maximum Gasteiger partial charge on any atom is 0.405 e. The summed E-state index contributed by atoms with van der Waals surface area (Å²) in [5.41, 5.74) is 5.57. The first-order valence-corrected chi connectivity index (χ1v) is 7.70. The SMILES string of the molecule is Nc1ccnc(-c2nc(NCC(F)(F)F)cc(Nc3cc(F)cc(F)c3)n2)n1. The molecule has 0 saturated heterocycles. The minimum Gasteiger partial charge on any atom is -0.384 e. The number of halogens is 5. The van der Waals surface area contributed by atoms with Crippen LogP contribution in [0.4, 0.5) is 45.1 Å². The van der Waals surface area contributed by atoms with Gasteiger partial charge in [0.05, 0.1) is 0 Å². The van der Waals surface area contributed by atoms with Gasteiger partial charge in [-0.05, 0) is 18.2 Å². The molecule has 4 N–H and O–H groups in total. The highest BCUT2D eigenvalue weighted by molar-refractivity contribution is 5.63. The van der Waals surface area contributed by atoms with Crippen molar-refractivity contribution in [1.29, 1.82) is 0 Å². The largest absolute Gasteiger partial charge is 0.405 e. The molecule has 0 amide bonds. The van der Waals surface area contributed by atoms with Gasteiger partial charge in [0, 0.05) is 24.0 Å². The molecule has 3 rings (SSSR count). The van der Waals surface area contributed by atoms with Crippen LogP contribution in [0.1, 0.15) is 0 Å². The Labute approximate surface area is 154 Å². The minimum atomic E-state index is -4.49. The van der Waals surface area contributed by atoms with Crippen LogP contribution in [0.3, 0.4) is 0 Å². The summed E-state index contributed by atoms with van der Waals surface area (Å²) in [5.74, 6) is -2.00. The highest BCUT2D eigenvalue weighted by atomic mass is 19.4. The summed E-state index contributed by atoms with van der Waals surface area (Å²) in [5, 5.41) is 4.72. The first kappa shape index (κ1) is 19.2. The molecule has 0 atom stereocenters. The standard InChI is InChI=1S/C16H12F5N7/c17-8-3-9(18)5-10(4-8)25-13-6-12(24-7-16(19,20)21)27-15(28-13)14-23-2-1-11(22)26-14/h1-6H,7H2,(H2,22,23,26)(H2,24,25,27,28). The second kappa shape index (κ2) is 7.58. The van der Waals surface area contributed by atoms with E-state index in [4.69, 9.17) is 5.73 Å². The predicted molar refractivity (Wildman–Crippen MR) is 91.7 cm³/mol. The summed E-state index contributed by atoms with van der Waals surface area (Å²) < 4.78 is 64.3. The average molecular weight is 397 g/mol. The van der Waals surface area contributed by atoms with Crippen molar-refractivity contribution in [2.75, 3.05) is 22.9 Å². The molecule has 2 heterocycles. The number of hydrogen-bond donors (Lipinski definition) is 3. The summed E-state index contributed by atoms with van der Waals surface area (Å²) in [6, 6.07) is 5.21. The van der Waals surface area contributed by atoms with E-state index in [1.807, 2.05) is 0 Å². The van der Waals surface area contributed by atoms with Crippen molar-refractivity contribution in [2.24, 2.45) is 0 Å². The van der Waals surface area contributed by atoms with Crippen LogP contribution in [0.25, 0.3) is 11.6 Å². The van der Waals surface area contributed by atoms with E-state index in [1.54, 1.807) is 0 Å². The molecule has 0 aliphatic rings. The van der Waals surface area contributed by atoms with Crippen molar-refractivity contribution >= 4 is 23.1 Å². The summed E-state index contributed by atoms with van der Waals surface area (Å²) in [4.78, 5) is 15.8. The zero-order valence-electron chi connectivity index (χ0n) is 13.9. The fourth-order valence-corrected chi connectivity index (χ4v) is 2.15. The van der Waals surface area contributed by atoms with E-state index in [-0.39, 0.29) is 34.8 Å². The third-order valence-corrected chi connectivity index (χ3v) is 3.21. The van der Waals surface area contributed by atoms with E-state index in [2.05, 4.69) is 30.6 Å². The van der Waals surface area contributed by atoms with Gasteiger partial charge in [0.15, 0.2) is 5.82 Å². The fraction of sp³-hybridized carbons (Fsp3) is 0.125. The number of rotatable bonds is 5. The Balaban J connectivity index is 1.98. The maximum absolute atomic E-state index is 13.4. The van der Waals surface area contributed by atoms with Gasteiger partial charge in [0.1, 0.15) is 35.6 Å². The monoisotopic (exact) mass is 397 g/mol. The van der Waals surface area contributed by atoms with Crippen LogP contribution in [0.15, 0.2) is 36.5 Å². The van der Waals surface area contributed by atoms with Gasteiger partial charge >= 0.3 is 6.18 Å². The summed E-state index contributed by atoms with van der Waals surface area (Å²) in [6.45, 7) is -1.35. The summed E-state index contributed by atoms with van der Waals surface area (Å²) in [6.07, 6.45) is -3.16. The highest BCUT2D eigenvalue weighted by Crippen LogP contribution is 2.23. The summed E-state index contributed by atoms with van der Waals surface area (Å²) >= 11 is 0. The molecule has 28 heavy (non-hydrogen) atoms. The fourth-order valence-electron chi connectivity index (χ4n) is 2.15. The first-order chi connectivity index (χ1) is 13.2. The number of benzene rings is 1. The molecule has 146 valence electrons. The lowest BCUT2D eigenvalue weighted by atomic mass is 10.3. The van der Waals surface area contributed by atoms with Gasteiger partial charge in [-0.1, -0.05) is 0 Å². The van der Waals surface area contributed by atoms with Crippen molar-refractivity contribution < 1.29 is 22.0 Å². The molecular weight excluding hydrogens is 385 g/mol. The van der Waals surface area contributed by atoms with Gasteiger partial charge in [0.2, 0.25) is 5.82 Å². The molecule has 0 aliphatic carbocycles. The molecule has 0 fully saturated rings. The van der Waals surface area contributed by atoms with Gasteiger partial charge in [-0.3, -0.25) is 0 Å². The van der Waals surface area contributed by atoms with Crippen LogP contribution >= 0.6 is 0 Å². The Morgan fingerprint density at radius 1 is 0.893 bits per heavy atom. The molecule has 2 aromatic heterocycles. The maximum atomic E-state index is 13.4. The number of nitrogens with zero attached hydrogens (tertiary/aromatic N) is 4. The van der Waals surface area contributed by atoms with E-state index in [1.165, 1.54) is 12.3 Å². The topological polar surface area (TPSA) is 102 Å². The lowest BCUT2D eigenvalue weighted by Gasteiger charge is -2.12. The van der Waals surface area contributed by atoms with Crippen molar-refractivity contribution in [1.82, 2.24) is 19.9 Å². The van der Waals surface area contributed by atoms with E-state index < -0.39 is 24.4 Å². The minimum absolute atomic E-state index is 0.00239. The number of nitrogens with two attached hydrogens (primary N) is 1. The van der Waals surface area contributed by atoms with Gasteiger partial charge in [-0.2, -0.15) is 13.2 Å². The Kier molecular flexibility index (Phi) is 5.20. The second-order valence-electron chi connectivity index (χ2n) is 5.52. The molecule has 1 aromatic carbocycles. The van der Waals surface area contributed by atoms with Crippen molar-refractivity contribution in [3.8, 4) is 11.6 Å². The second-order valence-corrected chi connectivity index (χ2v) is 5.52. The summed E-state index contributed by atoms with van der Waals surface area (Å²) in [7, 11) is 0. The molecular formula is C16H12F5N7. The average Bonchev–Trinajstić information content (AvgIpc) is 2.58. The van der Waals surface area contributed by atoms with Crippen LogP contribution in [0, 0.1) is 11.6 Å². The molecule has 3 aromatic rings. The van der Waals surface area contributed by atoms with Gasteiger partial charge in [0.25, 0.3) is 0 Å². The Morgan fingerprint density at radius 3 is 2.21 bits per heavy atom. The molecule has 7 nitrogen and oxygen atoms in total. The first-order valence-electron chi connectivity index (χ1n) is 7.70. The van der Waals surface area contributed by atoms with Crippen LogP contribution in [-0.4, -0.2) is 32.7 Å². The Morgan fingerprint density at radius 2 is 1.57 bits per heavy atom. The number of hydrogen-bond acceptors (Lipinski definition) is 7. The number of nitrogen functional groups attached to an aromatic ring is 1. The third-order valence-electron chi connectivity index (χ3n) is 3.21. The van der Waals surface area contributed by atoms with Crippen molar-refractivity contribution in [3.63, 3.8) is 0 Å². The van der Waals surface area contributed by atoms with Gasteiger partial charge in [-0.25, -0.2) is 28.7 Å². The van der Waals surface area contributed by atoms with Crippen LogP contribution in [0.2, 0.25) is 0 Å². The van der Waals surface area contributed by atoms with Crippen molar-refractivity contribution in [2.45, 2.75) is 6.18 Å². The molecule has 12 heteroatoms. The molecule has 0 bridgehead atoms. The van der Waals surface area contributed by atoms with Gasteiger partial charge < -0.3 is 16.4 Å². The Hall–Kier alpha value is -3.57. The van der Waals surface area contributed by atoms with Crippen LogP contribution < -0.4 is 16.4 Å². The number of aromatic nitrogens is 4. The van der Waals surface area contributed by atoms with E-state index in [0.29, 0.717) is 6.07 Å². The van der Waals surface area contributed by atoms with Crippen molar-refractivity contribution in [3.05, 3.63) is 48.2 Å². The molecule has 0 radical (unpaired) electrons. The molecule has 0 unspecified atom stereocenters. The van der Waals surface area contributed by atoms with E-state index in [9.17, 15) is 22.0 Å². The molecule has 0 spiro atoms. The quantitative estimate of drug-likeness (QED) is 0.566. The molecule has 0 saturated carbocycles. The van der Waals surface area contributed by atoms with E-state index in [0.717, 1.165) is 18.2 Å². The normalized spacial score (nSPS) is 11.3. The third kappa shape index (κ3) is 5.22. The lowest BCUT2D eigenvalue weighted by Crippen LogP contribution is -2.22. The van der Waals surface area contributed by atoms with Crippen LogP contribution in [0.5, 0.6) is 0 Å². The zero-order valence-corrected chi connectivity index (χ0v) is 13.9. The highest BCUT2D eigenvalue weighted by Gasteiger charge is 2.27. The number of anilines is 4. The number of alkyl halides is 3. The van der Waals surface area contributed by atoms with Crippen LogP contribution in [-0.2, 0) is 0 Å². The van der Waals surface area contributed by atoms with E-state index >= 15 is 0 Å². The molecule has 0 aliphatic heterocycles.